The van der Waals surface area contributed by atoms with Gasteiger partial charge in [-0.1, -0.05) is 50.8 Å². The molecule has 0 amide bonds. The molecule has 15 heavy (non-hydrogen) atoms. The lowest BCUT2D eigenvalue weighted by Crippen LogP contribution is -1.88. The zero-order chi connectivity index (χ0) is 12.7. The lowest BCUT2D eigenvalue weighted by molar-refractivity contribution is 0.792. The Hall–Kier alpha value is -0.730. The van der Waals surface area contributed by atoms with Crippen LogP contribution in [-0.4, -0.2) is 0 Å². The molecular formula is C13H25NS. The van der Waals surface area contributed by atoms with Gasteiger partial charge in [0.15, 0.2) is 0 Å². The van der Waals surface area contributed by atoms with Gasteiger partial charge in [-0.05, 0) is 25.3 Å². The van der Waals surface area contributed by atoms with Crippen molar-refractivity contribution < 1.29 is 0 Å². The first-order valence-electron chi connectivity index (χ1n) is 4.92. The number of hydrogen-bond donors (Lipinski definition) is 2. The van der Waals surface area contributed by atoms with E-state index < -0.39 is 0 Å². The van der Waals surface area contributed by atoms with Crippen molar-refractivity contribution in [2.75, 3.05) is 0 Å². The van der Waals surface area contributed by atoms with Crippen LogP contribution in [0.3, 0.4) is 0 Å². The molecule has 0 bridgehead atoms. The minimum atomic E-state index is 0.577. The van der Waals surface area contributed by atoms with Crippen molar-refractivity contribution in [3.05, 3.63) is 49.1 Å². The third kappa shape index (κ3) is 19.6. The number of hydrogen-bond acceptors (Lipinski definition) is 2. The highest BCUT2D eigenvalue weighted by atomic mass is 32.1. The fraction of sp³-hybridized carbons (Fsp3) is 0.385. The molecular weight excluding hydrogens is 202 g/mol. The van der Waals surface area contributed by atoms with Crippen LogP contribution >= 0.6 is 12.8 Å². The van der Waals surface area contributed by atoms with Crippen molar-refractivity contribution in [3.8, 4) is 0 Å². The third-order valence-corrected chi connectivity index (χ3v) is 1.38. The van der Waals surface area contributed by atoms with Gasteiger partial charge in [-0.2, -0.15) is 0 Å². The van der Waals surface area contributed by atoms with E-state index in [0.29, 0.717) is 5.92 Å². The minimum absolute atomic E-state index is 0.577. The first-order valence-corrected chi connectivity index (χ1v) is 5.43. The molecule has 0 heterocycles. The van der Waals surface area contributed by atoms with E-state index in [1.807, 2.05) is 32.1 Å². The molecule has 1 nitrogen and oxygen atoms in total. The molecule has 0 saturated heterocycles. The van der Waals surface area contributed by atoms with E-state index in [9.17, 15) is 0 Å². The lowest BCUT2D eigenvalue weighted by atomic mass is 10.0. The normalized spacial score (nSPS) is 9.93. The summed E-state index contributed by atoms with van der Waals surface area (Å²) in [5.41, 5.74) is 1.29. The molecule has 0 rings (SSSR count). The largest absolute Gasteiger partial charge is 0.281 e. The summed E-state index contributed by atoms with van der Waals surface area (Å²) in [5.74, 6) is 0.577. The molecule has 0 aliphatic carbocycles. The highest BCUT2D eigenvalue weighted by Gasteiger charge is 1.94. The molecule has 0 aliphatic rings. The number of rotatable bonds is 3. The molecule has 0 fully saturated rings. The van der Waals surface area contributed by atoms with Crippen molar-refractivity contribution >= 4 is 12.8 Å². The van der Waals surface area contributed by atoms with Gasteiger partial charge in [-0.3, -0.25) is 5.14 Å². The zero-order valence-corrected chi connectivity index (χ0v) is 11.3. The molecule has 0 aromatic heterocycles. The Morgan fingerprint density at radius 3 is 1.80 bits per heavy atom. The van der Waals surface area contributed by atoms with E-state index in [4.69, 9.17) is 0 Å². The average molecular weight is 227 g/mol. The van der Waals surface area contributed by atoms with Gasteiger partial charge in [-0.15, -0.1) is 19.4 Å². The van der Waals surface area contributed by atoms with Crippen molar-refractivity contribution in [2.45, 2.75) is 27.7 Å². The first kappa shape index (κ1) is 19.8. The summed E-state index contributed by atoms with van der Waals surface area (Å²) >= 11 is 3.03. The molecule has 0 aliphatic heterocycles. The van der Waals surface area contributed by atoms with Crippen LogP contribution in [0.5, 0.6) is 0 Å². The van der Waals surface area contributed by atoms with Gasteiger partial charge in [0.25, 0.3) is 0 Å². The molecule has 0 aromatic rings. The predicted molar refractivity (Wildman–Crippen MR) is 77.0 cm³/mol. The van der Waals surface area contributed by atoms with Crippen molar-refractivity contribution in [3.63, 3.8) is 0 Å². The van der Waals surface area contributed by atoms with Gasteiger partial charge >= 0.3 is 0 Å². The van der Waals surface area contributed by atoms with Gasteiger partial charge in [0.05, 0.1) is 0 Å². The summed E-state index contributed by atoms with van der Waals surface area (Å²) in [5, 5.41) is 4.19. The molecule has 0 aromatic carbocycles. The maximum Gasteiger partial charge on any atom is -0.0219 e. The standard InChI is InChI=1S/C10H16.C3H6.H3NS/c1-5-7-8-10(6-2)9(3)4;1-3-2;1-2/h5-9H,2H2,1,3-4H3;3H,1H2,2H3;2H,1H2/b7-5-,10-8+;;. The second kappa shape index (κ2) is 18.9. The molecule has 0 atom stereocenters. The SMILES string of the molecule is C=C/C(=C\C=C/C)C(C)C.C=CC.NS. The molecule has 2 heteroatoms. The number of allylic oxidation sites excluding steroid dienone is 6. The fourth-order valence-corrected chi connectivity index (χ4v) is 0.704. The summed E-state index contributed by atoms with van der Waals surface area (Å²) in [4.78, 5) is 0. The molecule has 0 unspecified atom stereocenters. The smallest absolute Gasteiger partial charge is 0.0219 e. The summed E-state index contributed by atoms with van der Waals surface area (Å²) in [7, 11) is 0. The van der Waals surface area contributed by atoms with E-state index >= 15 is 0 Å². The summed E-state index contributed by atoms with van der Waals surface area (Å²) < 4.78 is 0. The molecule has 0 spiro atoms. The highest BCUT2D eigenvalue weighted by molar-refractivity contribution is 7.77. The number of nitrogens with two attached hydrogens (primary N) is 1. The summed E-state index contributed by atoms with van der Waals surface area (Å²) in [6.45, 7) is 15.3. The van der Waals surface area contributed by atoms with Gasteiger partial charge < -0.3 is 0 Å². The van der Waals surface area contributed by atoms with Gasteiger partial charge in [-0.25, -0.2) is 0 Å². The monoisotopic (exact) mass is 227 g/mol. The van der Waals surface area contributed by atoms with Crippen molar-refractivity contribution in [2.24, 2.45) is 11.1 Å². The molecule has 88 valence electrons. The van der Waals surface area contributed by atoms with Crippen LogP contribution in [0.25, 0.3) is 0 Å². The van der Waals surface area contributed by atoms with Gasteiger partial charge in [0.1, 0.15) is 0 Å². The maximum absolute atomic E-state index is 4.19. The maximum atomic E-state index is 4.19. The Kier molecular flexibility index (Phi) is 25.0. The predicted octanol–water partition coefficient (Wildman–Crippen LogP) is 4.31. The highest BCUT2D eigenvalue weighted by Crippen LogP contribution is 2.09. The van der Waals surface area contributed by atoms with Crippen LogP contribution in [0.2, 0.25) is 0 Å². The van der Waals surface area contributed by atoms with Crippen LogP contribution in [0.15, 0.2) is 49.1 Å². The van der Waals surface area contributed by atoms with Crippen LogP contribution in [0, 0.1) is 5.92 Å². The van der Waals surface area contributed by atoms with Gasteiger partial charge in [0.2, 0.25) is 0 Å². The van der Waals surface area contributed by atoms with Gasteiger partial charge in [0, 0.05) is 0 Å². The minimum Gasteiger partial charge on any atom is -0.281 e. The van der Waals surface area contributed by atoms with Crippen molar-refractivity contribution in [1.29, 1.82) is 0 Å². The van der Waals surface area contributed by atoms with Crippen LogP contribution in [0.4, 0.5) is 0 Å². The Morgan fingerprint density at radius 2 is 1.60 bits per heavy atom. The first-order chi connectivity index (χ1) is 7.13. The number of thiol groups is 1. The van der Waals surface area contributed by atoms with Crippen LogP contribution < -0.4 is 5.14 Å². The Bertz CT molecular complexity index is 191. The fourth-order valence-electron chi connectivity index (χ4n) is 0.704. The van der Waals surface area contributed by atoms with E-state index in [-0.39, 0.29) is 0 Å². The van der Waals surface area contributed by atoms with E-state index in [0.717, 1.165) is 0 Å². The van der Waals surface area contributed by atoms with E-state index in [1.54, 1.807) is 6.08 Å². The van der Waals surface area contributed by atoms with Crippen LogP contribution in [-0.2, 0) is 0 Å². The Balaban J connectivity index is -0.000000245. The average Bonchev–Trinajstić information content (AvgIpc) is 2.23. The third-order valence-electron chi connectivity index (χ3n) is 1.38. The van der Waals surface area contributed by atoms with E-state index in [1.165, 1.54) is 5.57 Å². The van der Waals surface area contributed by atoms with E-state index in [2.05, 4.69) is 51.0 Å². The summed E-state index contributed by atoms with van der Waals surface area (Å²) in [6.07, 6.45) is 9.81. The Morgan fingerprint density at radius 1 is 1.20 bits per heavy atom. The van der Waals surface area contributed by atoms with Crippen LogP contribution in [0.1, 0.15) is 27.7 Å². The molecule has 2 N–H and O–H groups in total. The lowest BCUT2D eigenvalue weighted by Gasteiger charge is -2.02. The quantitative estimate of drug-likeness (QED) is 0.419. The van der Waals surface area contributed by atoms with Crippen molar-refractivity contribution in [1.82, 2.24) is 0 Å². The molecule has 0 radical (unpaired) electrons. The summed E-state index contributed by atoms with van der Waals surface area (Å²) in [6, 6.07) is 0. The topological polar surface area (TPSA) is 26.0 Å². The second-order valence-corrected chi connectivity index (χ2v) is 2.96. The second-order valence-electron chi connectivity index (χ2n) is 2.96. The Labute approximate surface area is 101 Å². The molecule has 0 saturated carbocycles. The zero-order valence-electron chi connectivity index (χ0n) is 10.4.